The van der Waals surface area contributed by atoms with Gasteiger partial charge in [-0.25, -0.2) is 0 Å². The van der Waals surface area contributed by atoms with Crippen LogP contribution in [0.25, 0.3) is 10.7 Å². The van der Waals surface area contributed by atoms with Crippen molar-refractivity contribution in [3.8, 4) is 10.7 Å². The van der Waals surface area contributed by atoms with E-state index in [4.69, 9.17) is 9.26 Å². The maximum atomic E-state index is 11.8. The van der Waals surface area contributed by atoms with Gasteiger partial charge in [0.1, 0.15) is 0 Å². The van der Waals surface area contributed by atoms with Crippen molar-refractivity contribution in [2.75, 3.05) is 13.2 Å². The predicted octanol–water partition coefficient (Wildman–Crippen LogP) is 2.63. The number of nitrogens with one attached hydrogen (secondary N) is 1. The summed E-state index contributed by atoms with van der Waals surface area (Å²) in [6.07, 6.45) is 1.07. The molecule has 3 aromatic rings. The third kappa shape index (κ3) is 6.03. The molecule has 1 aromatic carbocycles. The Bertz CT molecular complexity index is 862. The van der Waals surface area contributed by atoms with E-state index < -0.39 is 5.97 Å². The average molecular weight is 385 g/mol. The first-order valence-electron chi connectivity index (χ1n) is 8.53. The highest BCUT2D eigenvalue weighted by Gasteiger charge is 2.13. The normalized spacial score (nSPS) is 10.5. The minimum absolute atomic E-state index is 0.0728. The van der Waals surface area contributed by atoms with E-state index in [0.29, 0.717) is 18.3 Å². The SMILES string of the molecule is O=C(COC(=O)CCc1nc(-c2cccs2)no1)NCCc1ccccc1. The van der Waals surface area contributed by atoms with Gasteiger partial charge in [-0.05, 0) is 23.4 Å². The van der Waals surface area contributed by atoms with Crippen LogP contribution in [0.1, 0.15) is 17.9 Å². The third-order valence-electron chi connectivity index (χ3n) is 3.70. The third-order valence-corrected chi connectivity index (χ3v) is 4.56. The Morgan fingerprint density at radius 2 is 1.96 bits per heavy atom. The molecule has 3 rings (SSSR count). The van der Waals surface area contributed by atoms with Gasteiger partial charge in [0.15, 0.2) is 6.61 Å². The first-order valence-corrected chi connectivity index (χ1v) is 9.41. The second kappa shape index (κ2) is 9.63. The van der Waals surface area contributed by atoms with Crippen molar-refractivity contribution in [1.82, 2.24) is 15.5 Å². The lowest BCUT2D eigenvalue weighted by Crippen LogP contribution is -2.30. The molecule has 1 N–H and O–H groups in total. The van der Waals surface area contributed by atoms with Crippen molar-refractivity contribution in [2.45, 2.75) is 19.3 Å². The maximum Gasteiger partial charge on any atom is 0.306 e. The van der Waals surface area contributed by atoms with Gasteiger partial charge in [-0.2, -0.15) is 4.98 Å². The van der Waals surface area contributed by atoms with Crippen LogP contribution in [0.4, 0.5) is 0 Å². The summed E-state index contributed by atoms with van der Waals surface area (Å²) in [4.78, 5) is 28.6. The van der Waals surface area contributed by atoms with Gasteiger partial charge in [0, 0.05) is 13.0 Å². The zero-order valence-corrected chi connectivity index (χ0v) is 15.4. The lowest BCUT2D eigenvalue weighted by atomic mass is 10.1. The summed E-state index contributed by atoms with van der Waals surface area (Å²) in [6, 6.07) is 13.6. The summed E-state index contributed by atoms with van der Waals surface area (Å²) < 4.78 is 10.1. The second-order valence-corrected chi connectivity index (χ2v) is 6.68. The molecule has 0 unspecified atom stereocenters. The Morgan fingerprint density at radius 3 is 2.74 bits per heavy atom. The Morgan fingerprint density at radius 1 is 1.11 bits per heavy atom. The number of aryl methyl sites for hydroxylation is 1. The van der Waals surface area contributed by atoms with Gasteiger partial charge < -0.3 is 14.6 Å². The van der Waals surface area contributed by atoms with Crippen LogP contribution in [0.3, 0.4) is 0 Å². The van der Waals surface area contributed by atoms with E-state index in [1.165, 1.54) is 11.3 Å². The molecule has 8 heteroatoms. The maximum absolute atomic E-state index is 11.8. The summed E-state index contributed by atoms with van der Waals surface area (Å²) in [5.74, 6) is 0.0648. The molecule has 0 aliphatic carbocycles. The molecule has 27 heavy (non-hydrogen) atoms. The Balaban J connectivity index is 1.32. The molecule has 0 saturated carbocycles. The van der Waals surface area contributed by atoms with Crippen LogP contribution in [-0.2, 0) is 27.2 Å². The highest BCUT2D eigenvalue weighted by molar-refractivity contribution is 7.13. The van der Waals surface area contributed by atoms with E-state index in [2.05, 4.69) is 15.5 Å². The first-order chi connectivity index (χ1) is 13.2. The van der Waals surface area contributed by atoms with Crippen LogP contribution in [0.5, 0.6) is 0 Å². The van der Waals surface area contributed by atoms with Gasteiger partial charge in [-0.15, -0.1) is 11.3 Å². The molecule has 0 bridgehead atoms. The molecule has 0 saturated heterocycles. The first kappa shape index (κ1) is 18.8. The molecular weight excluding hydrogens is 366 g/mol. The number of carbonyl (C=O) groups is 2. The standard InChI is InChI=1S/C19H19N3O4S/c23-16(20-11-10-14-5-2-1-3-6-14)13-25-18(24)9-8-17-21-19(22-26-17)15-7-4-12-27-15/h1-7,12H,8-11,13H2,(H,20,23). The molecule has 2 aromatic heterocycles. The smallest absolute Gasteiger partial charge is 0.306 e. The van der Waals surface area contributed by atoms with Gasteiger partial charge in [0.05, 0.1) is 11.3 Å². The lowest BCUT2D eigenvalue weighted by Gasteiger charge is -2.06. The molecule has 0 spiro atoms. The second-order valence-electron chi connectivity index (χ2n) is 5.74. The topological polar surface area (TPSA) is 94.3 Å². The summed E-state index contributed by atoms with van der Waals surface area (Å²) in [5.41, 5.74) is 1.14. The number of hydrogen-bond acceptors (Lipinski definition) is 7. The van der Waals surface area contributed by atoms with Crippen LogP contribution in [0.2, 0.25) is 0 Å². The van der Waals surface area contributed by atoms with E-state index in [-0.39, 0.29) is 25.4 Å². The number of esters is 1. The number of aromatic nitrogens is 2. The highest BCUT2D eigenvalue weighted by Crippen LogP contribution is 2.21. The molecule has 0 aliphatic rings. The number of ether oxygens (including phenoxy) is 1. The fourth-order valence-electron chi connectivity index (χ4n) is 2.33. The molecule has 0 fully saturated rings. The van der Waals surface area contributed by atoms with Crippen molar-refractivity contribution >= 4 is 23.2 Å². The average Bonchev–Trinajstić information content (AvgIpc) is 3.37. The number of hydrogen-bond donors (Lipinski definition) is 1. The van der Waals surface area contributed by atoms with E-state index >= 15 is 0 Å². The van der Waals surface area contributed by atoms with E-state index in [1.807, 2.05) is 47.8 Å². The Labute approximate surface area is 160 Å². The van der Waals surface area contributed by atoms with Crippen LogP contribution in [0, 0.1) is 0 Å². The number of benzene rings is 1. The molecular formula is C19H19N3O4S. The number of carbonyl (C=O) groups excluding carboxylic acids is 2. The van der Waals surface area contributed by atoms with Crippen molar-refractivity contribution < 1.29 is 18.8 Å². The van der Waals surface area contributed by atoms with Crippen molar-refractivity contribution in [3.63, 3.8) is 0 Å². The van der Waals surface area contributed by atoms with E-state index in [1.54, 1.807) is 0 Å². The summed E-state index contributed by atoms with van der Waals surface area (Å²) >= 11 is 1.51. The van der Waals surface area contributed by atoms with E-state index in [0.717, 1.165) is 16.9 Å². The quantitative estimate of drug-likeness (QED) is 0.569. The fraction of sp³-hybridized carbons (Fsp3) is 0.263. The van der Waals surface area contributed by atoms with Crippen LogP contribution in [0.15, 0.2) is 52.4 Å². The minimum Gasteiger partial charge on any atom is -0.456 e. The van der Waals surface area contributed by atoms with Gasteiger partial charge >= 0.3 is 5.97 Å². The Hall–Kier alpha value is -3.00. The number of amides is 1. The van der Waals surface area contributed by atoms with Crippen LogP contribution < -0.4 is 5.32 Å². The zero-order chi connectivity index (χ0) is 18.9. The zero-order valence-electron chi connectivity index (χ0n) is 14.6. The monoisotopic (exact) mass is 385 g/mol. The van der Waals surface area contributed by atoms with Crippen molar-refractivity contribution in [2.24, 2.45) is 0 Å². The van der Waals surface area contributed by atoms with Crippen LogP contribution >= 0.6 is 11.3 Å². The van der Waals surface area contributed by atoms with Gasteiger partial charge in [0.25, 0.3) is 5.91 Å². The Kier molecular flexibility index (Phi) is 6.70. The highest BCUT2D eigenvalue weighted by atomic mass is 32.1. The van der Waals surface area contributed by atoms with Gasteiger partial charge in [-0.1, -0.05) is 41.6 Å². The van der Waals surface area contributed by atoms with E-state index in [9.17, 15) is 9.59 Å². The van der Waals surface area contributed by atoms with Crippen LogP contribution in [-0.4, -0.2) is 35.2 Å². The summed E-state index contributed by atoms with van der Waals surface area (Å²) in [7, 11) is 0. The molecule has 0 atom stereocenters. The molecule has 0 radical (unpaired) electrons. The number of nitrogens with zero attached hydrogens (tertiary/aromatic N) is 2. The minimum atomic E-state index is -0.482. The predicted molar refractivity (Wildman–Crippen MR) is 100 cm³/mol. The summed E-state index contributed by atoms with van der Waals surface area (Å²) in [6.45, 7) is 0.200. The van der Waals surface area contributed by atoms with Gasteiger partial charge in [0.2, 0.25) is 11.7 Å². The number of rotatable bonds is 9. The largest absolute Gasteiger partial charge is 0.456 e. The van der Waals surface area contributed by atoms with Crippen molar-refractivity contribution in [3.05, 3.63) is 59.3 Å². The molecule has 140 valence electrons. The summed E-state index contributed by atoms with van der Waals surface area (Å²) in [5, 5.41) is 8.53. The van der Waals surface area contributed by atoms with Crippen molar-refractivity contribution in [1.29, 1.82) is 0 Å². The fourth-order valence-corrected chi connectivity index (χ4v) is 2.98. The lowest BCUT2D eigenvalue weighted by molar-refractivity contribution is -0.148. The molecule has 1 amide bonds. The van der Waals surface area contributed by atoms with Gasteiger partial charge in [-0.3, -0.25) is 9.59 Å². The molecule has 0 aliphatic heterocycles. The molecule has 7 nitrogen and oxygen atoms in total. The number of thiophene rings is 1. The molecule has 2 heterocycles.